The van der Waals surface area contributed by atoms with Gasteiger partial charge in [-0.15, -0.1) is 11.8 Å². The highest BCUT2D eigenvalue weighted by atomic mass is 32.2. The third kappa shape index (κ3) is 2.76. The Kier molecular flexibility index (Phi) is 3.85. The summed E-state index contributed by atoms with van der Waals surface area (Å²) in [5.41, 5.74) is 8.07. The van der Waals surface area contributed by atoms with Gasteiger partial charge in [0, 0.05) is 16.9 Å². The Labute approximate surface area is 116 Å². The van der Waals surface area contributed by atoms with Gasteiger partial charge in [-0.25, -0.2) is 4.68 Å². The molecule has 1 aromatic heterocycles. The molecule has 0 spiro atoms. The van der Waals surface area contributed by atoms with Crippen LogP contribution >= 0.6 is 11.8 Å². The molecule has 5 heteroatoms. The van der Waals surface area contributed by atoms with Crippen molar-refractivity contribution in [2.24, 2.45) is 0 Å². The fourth-order valence-corrected chi connectivity index (χ4v) is 2.38. The van der Waals surface area contributed by atoms with Crippen molar-refractivity contribution < 1.29 is 0 Å². The van der Waals surface area contributed by atoms with Gasteiger partial charge in [0.1, 0.15) is 5.82 Å². The number of nitrogen functional groups attached to an aromatic ring is 2. The predicted molar refractivity (Wildman–Crippen MR) is 81.0 cm³/mol. The number of rotatable bonds is 3. The van der Waals surface area contributed by atoms with E-state index in [1.54, 1.807) is 17.8 Å². The van der Waals surface area contributed by atoms with Crippen LogP contribution in [-0.2, 0) is 6.42 Å². The first-order valence-corrected chi connectivity index (χ1v) is 7.14. The van der Waals surface area contributed by atoms with Crippen LogP contribution in [0, 0.1) is 6.92 Å². The molecule has 2 rings (SSSR count). The minimum absolute atomic E-state index is 0.230. The lowest BCUT2D eigenvalue weighted by Crippen LogP contribution is -2.32. The lowest BCUT2D eigenvalue weighted by molar-refractivity contribution is 0.908. The molecule has 1 aromatic carbocycles. The van der Waals surface area contributed by atoms with Crippen molar-refractivity contribution in [3.8, 4) is 0 Å². The molecule has 0 saturated carbocycles. The number of hydrogen-bond acceptors (Lipinski definition) is 4. The van der Waals surface area contributed by atoms with Crippen molar-refractivity contribution in [3.63, 3.8) is 0 Å². The second-order valence-corrected chi connectivity index (χ2v) is 5.31. The molecular formula is C14H17N3OS. The maximum absolute atomic E-state index is 12.1. The lowest BCUT2D eigenvalue weighted by Gasteiger charge is -2.10. The third-order valence-corrected chi connectivity index (χ3v) is 3.88. The minimum Gasteiger partial charge on any atom is -0.384 e. The first-order valence-electron chi connectivity index (χ1n) is 5.92. The van der Waals surface area contributed by atoms with Gasteiger partial charge in [-0.05, 0) is 42.5 Å². The van der Waals surface area contributed by atoms with Crippen molar-refractivity contribution in [2.45, 2.75) is 18.2 Å². The quantitative estimate of drug-likeness (QED) is 0.661. The first kappa shape index (κ1) is 13.5. The molecule has 0 unspecified atom stereocenters. The van der Waals surface area contributed by atoms with Gasteiger partial charge in [0.15, 0.2) is 0 Å². The van der Waals surface area contributed by atoms with Crippen LogP contribution in [0.4, 0.5) is 5.82 Å². The highest BCUT2D eigenvalue weighted by Gasteiger charge is 2.09. The molecule has 4 nitrogen and oxygen atoms in total. The average Bonchev–Trinajstić information content (AvgIpc) is 2.42. The Hall–Kier alpha value is -1.88. The monoisotopic (exact) mass is 275 g/mol. The molecule has 100 valence electrons. The Morgan fingerprint density at radius 1 is 1.26 bits per heavy atom. The number of nitrogens with zero attached hydrogens (tertiary/aromatic N) is 1. The number of thioether (sulfide) groups is 1. The molecule has 19 heavy (non-hydrogen) atoms. The summed E-state index contributed by atoms with van der Waals surface area (Å²) in [5, 5.41) is 0. The predicted octanol–water partition coefficient (Wildman–Crippen LogP) is 1.77. The van der Waals surface area contributed by atoms with Crippen LogP contribution in [0.25, 0.3) is 0 Å². The minimum atomic E-state index is -0.230. The van der Waals surface area contributed by atoms with E-state index >= 15 is 0 Å². The smallest absolute Gasteiger partial charge is 0.274 e. The van der Waals surface area contributed by atoms with E-state index in [4.69, 9.17) is 11.6 Å². The maximum atomic E-state index is 12.1. The third-order valence-electron chi connectivity index (χ3n) is 3.14. The number of pyridine rings is 1. The second-order valence-electron chi connectivity index (χ2n) is 4.43. The van der Waals surface area contributed by atoms with Crippen LogP contribution in [0.3, 0.4) is 0 Å². The number of anilines is 1. The van der Waals surface area contributed by atoms with Crippen LogP contribution in [0.15, 0.2) is 40.0 Å². The molecule has 0 bridgehead atoms. The number of aryl methyl sites for hydroxylation is 1. The summed E-state index contributed by atoms with van der Waals surface area (Å²) in [6, 6.07) is 9.89. The van der Waals surface area contributed by atoms with Crippen molar-refractivity contribution >= 4 is 17.6 Å². The van der Waals surface area contributed by atoms with E-state index in [1.807, 2.05) is 37.4 Å². The summed E-state index contributed by atoms with van der Waals surface area (Å²) in [5.74, 6) is 5.91. The Bertz CT molecular complexity index is 647. The zero-order chi connectivity index (χ0) is 14.0. The molecule has 0 saturated heterocycles. The Morgan fingerprint density at radius 3 is 2.47 bits per heavy atom. The first-order chi connectivity index (χ1) is 9.02. The highest BCUT2D eigenvalue weighted by Crippen LogP contribution is 2.17. The summed E-state index contributed by atoms with van der Waals surface area (Å²) in [6.45, 7) is 1.88. The van der Waals surface area contributed by atoms with Crippen molar-refractivity contribution in [3.05, 3.63) is 57.4 Å². The Balaban J connectivity index is 2.38. The number of nitrogens with two attached hydrogens (primary N) is 2. The molecule has 1 heterocycles. The van der Waals surface area contributed by atoms with Gasteiger partial charge < -0.3 is 11.6 Å². The SMILES string of the molecule is CSc1ccc(Cc2c(C)cc(N)n(N)c2=O)cc1. The standard InChI is InChI=1S/C14H17N3OS/c1-9-7-13(15)17(16)14(18)12(9)8-10-3-5-11(19-2)6-4-10/h3-7H,8,15-16H2,1-2H3. The molecule has 0 aliphatic rings. The van der Waals surface area contributed by atoms with Crippen LogP contribution in [0.5, 0.6) is 0 Å². The molecule has 0 fully saturated rings. The van der Waals surface area contributed by atoms with E-state index in [2.05, 4.69) is 0 Å². The molecular weight excluding hydrogens is 258 g/mol. The van der Waals surface area contributed by atoms with E-state index in [0.29, 0.717) is 12.0 Å². The van der Waals surface area contributed by atoms with Gasteiger partial charge in [-0.2, -0.15) is 0 Å². The molecule has 0 aliphatic heterocycles. The topological polar surface area (TPSA) is 74.0 Å². The van der Waals surface area contributed by atoms with Crippen LogP contribution in [0.1, 0.15) is 16.7 Å². The van der Waals surface area contributed by atoms with E-state index in [-0.39, 0.29) is 11.4 Å². The van der Waals surface area contributed by atoms with Gasteiger partial charge in [-0.3, -0.25) is 4.79 Å². The van der Waals surface area contributed by atoms with E-state index in [0.717, 1.165) is 15.8 Å². The number of hydrogen-bond donors (Lipinski definition) is 2. The summed E-state index contributed by atoms with van der Waals surface area (Å²) in [4.78, 5) is 13.3. The summed E-state index contributed by atoms with van der Waals surface area (Å²) in [6.07, 6.45) is 2.60. The van der Waals surface area contributed by atoms with Crippen molar-refractivity contribution in [2.75, 3.05) is 17.8 Å². The zero-order valence-electron chi connectivity index (χ0n) is 11.0. The molecule has 0 atom stereocenters. The van der Waals surface area contributed by atoms with Crippen LogP contribution < -0.4 is 17.1 Å². The fraction of sp³-hybridized carbons (Fsp3) is 0.214. The summed E-state index contributed by atoms with van der Waals surface area (Å²) in [7, 11) is 0. The van der Waals surface area contributed by atoms with Crippen LogP contribution in [0.2, 0.25) is 0 Å². The lowest BCUT2D eigenvalue weighted by atomic mass is 10.0. The second kappa shape index (κ2) is 5.40. The molecule has 0 radical (unpaired) electrons. The van der Waals surface area contributed by atoms with Gasteiger partial charge in [0.05, 0.1) is 0 Å². The zero-order valence-corrected chi connectivity index (χ0v) is 11.8. The van der Waals surface area contributed by atoms with E-state index in [1.165, 1.54) is 4.90 Å². The van der Waals surface area contributed by atoms with Gasteiger partial charge in [0.25, 0.3) is 5.56 Å². The summed E-state index contributed by atoms with van der Waals surface area (Å²) < 4.78 is 0.999. The Morgan fingerprint density at radius 2 is 1.89 bits per heavy atom. The molecule has 2 aromatic rings. The average molecular weight is 275 g/mol. The van der Waals surface area contributed by atoms with Crippen LogP contribution in [-0.4, -0.2) is 10.9 Å². The van der Waals surface area contributed by atoms with E-state index in [9.17, 15) is 4.79 Å². The van der Waals surface area contributed by atoms with Crippen molar-refractivity contribution in [1.29, 1.82) is 0 Å². The highest BCUT2D eigenvalue weighted by molar-refractivity contribution is 7.98. The van der Waals surface area contributed by atoms with Crippen molar-refractivity contribution in [1.82, 2.24) is 4.68 Å². The molecule has 0 aliphatic carbocycles. The van der Waals surface area contributed by atoms with Gasteiger partial charge in [-0.1, -0.05) is 12.1 Å². The van der Waals surface area contributed by atoms with Gasteiger partial charge >= 0.3 is 0 Å². The maximum Gasteiger partial charge on any atom is 0.274 e. The summed E-state index contributed by atoms with van der Waals surface area (Å²) >= 11 is 1.69. The van der Waals surface area contributed by atoms with Gasteiger partial charge in [0.2, 0.25) is 0 Å². The molecule has 0 amide bonds. The van der Waals surface area contributed by atoms with E-state index < -0.39 is 0 Å². The largest absolute Gasteiger partial charge is 0.384 e. The fourth-order valence-electron chi connectivity index (χ4n) is 1.97. The molecule has 4 N–H and O–H groups in total. The normalized spacial score (nSPS) is 10.6. The number of aromatic nitrogens is 1. The number of benzene rings is 1.